The quantitative estimate of drug-likeness (QED) is 0.635. The Hall–Kier alpha value is -0.650. The van der Waals surface area contributed by atoms with E-state index in [0.29, 0.717) is 6.54 Å². The molecule has 0 spiro atoms. The molecule has 1 heterocycles. The smallest absolute Gasteiger partial charge is 0.238 e. The highest BCUT2D eigenvalue weighted by Gasteiger charge is 2.31. The van der Waals surface area contributed by atoms with Gasteiger partial charge in [0.1, 0.15) is 5.54 Å². The Kier molecular flexibility index (Phi) is 6.05. The summed E-state index contributed by atoms with van der Waals surface area (Å²) >= 11 is 0. The van der Waals surface area contributed by atoms with Crippen molar-refractivity contribution in [3.05, 3.63) is 0 Å². The molecule has 1 aliphatic rings. The number of nitrogens with one attached hydrogen (secondary N) is 1. The van der Waals surface area contributed by atoms with Crippen molar-refractivity contribution >= 4 is 5.91 Å². The maximum atomic E-state index is 11.5. The van der Waals surface area contributed by atoms with Gasteiger partial charge in [-0.25, -0.2) is 0 Å². The molecule has 106 valence electrons. The Morgan fingerprint density at radius 2 is 2.06 bits per heavy atom. The van der Waals surface area contributed by atoms with E-state index in [-0.39, 0.29) is 5.91 Å². The molecule has 1 saturated heterocycles. The van der Waals surface area contributed by atoms with Crippen LogP contribution in [0.15, 0.2) is 0 Å². The molecule has 1 aliphatic heterocycles. The van der Waals surface area contributed by atoms with Gasteiger partial charge in [-0.15, -0.1) is 0 Å². The van der Waals surface area contributed by atoms with Crippen LogP contribution in [-0.4, -0.2) is 67.6 Å². The molecule has 1 rings (SSSR count). The Morgan fingerprint density at radius 1 is 1.44 bits per heavy atom. The second-order valence-electron chi connectivity index (χ2n) is 5.51. The van der Waals surface area contributed by atoms with Gasteiger partial charge in [0, 0.05) is 19.6 Å². The number of carbonyl (C=O) groups is 1. The molecule has 5 nitrogen and oxygen atoms in total. The number of nitrogens with two attached hydrogens (primary N) is 1. The summed E-state index contributed by atoms with van der Waals surface area (Å²) in [7, 11) is 2.05. The van der Waals surface area contributed by atoms with Crippen LogP contribution in [0.5, 0.6) is 0 Å². The molecule has 0 aliphatic carbocycles. The van der Waals surface area contributed by atoms with E-state index in [1.165, 1.54) is 25.9 Å². The van der Waals surface area contributed by atoms with Gasteiger partial charge in [0.25, 0.3) is 0 Å². The first-order valence-corrected chi connectivity index (χ1v) is 6.94. The lowest BCUT2D eigenvalue weighted by Gasteiger charge is -2.32. The van der Waals surface area contributed by atoms with Crippen LogP contribution in [0.3, 0.4) is 0 Å². The molecule has 1 atom stereocenters. The van der Waals surface area contributed by atoms with E-state index in [0.717, 1.165) is 19.6 Å². The van der Waals surface area contributed by atoms with E-state index >= 15 is 0 Å². The lowest BCUT2D eigenvalue weighted by molar-refractivity contribution is -0.124. The number of amides is 1. The molecule has 0 aromatic rings. The number of likely N-dealkylation sites (N-methyl/N-ethyl adjacent to an activating group) is 2. The van der Waals surface area contributed by atoms with Crippen molar-refractivity contribution in [3.63, 3.8) is 0 Å². The fourth-order valence-corrected chi connectivity index (χ4v) is 2.55. The van der Waals surface area contributed by atoms with Gasteiger partial charge in [-0.1, -0.05) is 6.92 Å². The van der Waals surface area contributed by atoms with Crippen LogP contribution in [0.25, 0.3) is 0 Å². The maximum absolute atomic E-state index is 11.5. The number of carbonyl (C=O) groups excluding carboxylic acids is 1. The third-order valence-electron chi connectivity index (χ3n) is 3.69. The fourth-order valence-electron chi connectivity index (χ4n) is 2.55. The molecule has 0 radical (unpaired) electrons. The lowest BCUT2D eigenvalue weighted by Crippen LogP contribution is -2.59. The largest absolute Gasteiger partial charge is 0.368 e. The number of likely N-dealkylation sites (tertiary alicyclic amines) is 1. The highest BCUT2D eigenvalue weighted by Crippen LogP contribution is 2.08. The zero-order valence-electron chi connectivity index (χ0n) is 12.0. The Labute approximate surface area is 111 Å². The van der Waals surface area contributed by atoms with Crippen molar-refractivity contribution in [1.82, 2.24) is 15.1 Å². The third-order valence-corrected chi connectivity index (χ3v) is 3.69. The first-order chi connectivity index (χ1) is 8.48. The number of rotatable bonds is 8. The summed E-state index contributed by atoms with van der Waals surface area (Å²) in [5, 5.41) is 3.19. The van der Waals surface area contributed by atoms with E-state index in [1.807, 2.05) is 13.8 Å². The molecular weight excluding hydrogens is 228 g/mol. The van der Waals surface area contributed by atoms with Gasteiger partial charge in [0.05, 0.1) is 0 Å². The average Bonchev–Trinajstić information content (AvgIpc) is 2.79. The van der Waals surface area contributed by atoms with Crippen LogP contribution in [0, 0.1) is 0 Å². The first kappa shape index (κ1) is 15.4. The van der Waals surface area contributed by atoms with Crippen molar-refractivity contribution in [3.8, 4) is 0 Å². The van der Waals surface area contributed by atoms with Crippen molar-refractivity contribution in [2.75, 3.05) is 46.3 Å². The topological polar surface area (TPSA) is 61.6 Å². The van der Waals surface area contributed by atoms with Gasteiger partial charge >= 0.3 is 0 Å². The monoisotopic (exact) mass is 256 g/mol. The Balaban J connectivity index is 2.35. The van der Waals surface area contributed by atoms with Gasteiger partial charge in [-0.2, -0.15) is 0 Å². The van der Waals surface area contributed by atoms with E-state index in [9.17, 15) is 4.79 Å². The van der Waals surface area contributed by atoms with Gasteiger partial charge in [-0.05, 0) is 46.4 Å². The lowest BCUT2D eigenvalue weighted by atomic mass is 10.0. The van der Waals surface area contributed by atoms with E-state index in [1.54, 1.807) is 0 Å². The second-order valence-corrected chi connectivity index (χ2v) is 5.51. The number of nitrogens with zero attached hydrogens (tertiary/aromatic N) is 2. The number of hydrogen-bond acceptors (Lipinski definition) is 4. The van der Waals surface area contributed by atoms with E-state index < -0.39 is 5.54 Å². The highest BCUT2D eigenvalue weighted by atomic mass is 16.1. The minimum Gasteiger partial charge on any atom is -0.368 e. The van der Waals surface area contributed by atoms with Crippen molar-refractivity contribution in [2.24, 2.45) is 5.73 Å². The molecule has 0 saturated carbocycles. The standard InChI is InChI=1S/C13H28N4O/c1-4-15-13(2,12(14)18)11-16(3)9-10-17-7-5-6-8-17/h15H,4-11H2,1-3H3,(H2,14,18). The molecule has 1 unspecified atom stereocenters. The number of hydrogen-bond donors (Lipinski definition) is 2. The third kappa shape index (κ3) is 4.55. The fraction of sp³-hybridized carbons (Fsp3) is 0.923. The van der Waals surface area contributed by atoms with Gasteiger partial charge < -0.3 is 20.9 Å². The molecule has 5 heteroatoms. The van der Waals surface area contributed by atoms with Crippen molar-refractivity contribution in [1.29, 1.82) is 0 Å². The summed E-state index contributed by atoms with van der Waals surface area (Å²) in [6, 6.07) is 0. The van der Waals surface area contributed by atoms with Crippen LogP contribution in [-0.2, 0) is 4.79 Å². The molecule has 3 N–H and O–H groups in total. The molecule has 0 aromatic carbocycles. The predicted octanol–water partition coefficient (Wildman–Crippen LogP) is -0.132. The van der Waals surface area contributed by atoms with Crippen LogP contribution in [0.4, 0.5) is 0 Å². The minimum absolute atomic E-state index is 0.280. The molecule has 0 bridgehead atoms. The Morgan fingerprint density at radius 3 is 2.56 bits per heavy atom. The maximum Gasteiger partial charge on any atom is 0.238 e. The van der Waals surface area contributed by atoms with Gasteiger partial charge in [-0.3, -0.25) is 4.79 Å². The van der Waals surface area contributed by atoms with E-state index in [4.69, 9.17) is 5.73 Å². The predicted molar refractivity (Wildman–Crippen MR) is 74.4 cm³/mol. The molecule has 1 amide bonds. The summed E-state index contributed by atoms with van der Waals surface area (Å²) in [4.78, 5) is 16.2. The van der Waals surface area contributed by atoms with Gasteiger partial charge in [0.15, 0.2) is 0 Å². The molecular formula is C13H28N4O. The molecule has 0 aromatic heterocycles. The number of primary amides is 1. The zero-order chi connectivity index (χ0) is 13.6. The summed E-state index contributed by atoms with van der Waals surface area (Å²) in [5.41, 5.74) is 4.85. The molecule has 18 heavy (non-hydrogen) atoms. The summed E-state index contributed by atoms with van der Waals surface area (Å²) in [5.74, 6) is -0.280. The minimum atomic E-state index is -0.630. The highest BCUT2D eigenvalue weighted by molar-refractivity contribution is 5.84. The first-order valence-electron chi connectivity index (χ1n) is 6.94. The van der Waals surface area contributed by atoms with E-state index in [2.05, 4.69) is 22.2 Å². The summed E-state index contributed by atoms with van der Waals surface area (Å²) in [6.45, 7) is 9.77. The summed E-state index contributed by atoms with van der Waals surface area (Å²) < 4.78 is 0. The van der Waals surface area contributed by atoms with Crippen LogP contribution >= 0.6 is 0 Å². The second kappa shape index (κ2) is 7.07. The zero-order valence-corrected chi connectivity index (χ0v) is 12.0. The van der Waals surface area contributed by atoms with Crippen molar-refractivity contribution < 1.29 is 4.79 Å². The normalized spacial score (nSPS) is 20.2. The SMILES string of the molecule is CCNC(C)(CN(C)CCN1CCCC1)C(N)=O. The van der Waals surface area contributed by atoms with Crippen molar-refractivity contribution in [2.45, 2.75) is 32.2 Å². The van der Waals surface area contributed by atoms with Gasteiger partial charge in [0.2, 0.25) is 5.91 Å². The van der Waals surface area contributed by atoms with Crippen LogP contribution in [0.2, 0.25) is 0 Å². The van der Waals surface area contributed by atoms with Crippen LogP contribution < -0.4 is 11.1 Å². The Bertz CT molecular complexity index is 266. The average molecular weight is 256 g/mol. The van der Waals surface area contributed by atoms with Crippen LogP contribution in [0.1, 0.15) is 26.7 Å². The molecule has 1 fully saturated rings. The summed E-state index contributed by atoms with van der Waals surface area (Å²) in [6.07, 6.45) is 2.64.